The second kappa shape index (κ2) is 5.38. The summed E-state index contributed by atoms with van der Waals surface area (Å²) in [6.07, 6.45) is 2.79. The first-order valence-electron chi connectivity index (χ1n) is 6.39. The van der Waals surface area contributed by atoms with Crippen LogP contribution in [0.1, 0.15) is 30.6 Å². The minimum absolute atomic E-state index is 0.0727. The number of methoxy groups -OCH3 is 1. The number of piperidine rings is 1. The summed E-state index contributed by atoms with van der Waals surface area (Å²) in [6, 6.07) is 3.50. The van der Waals surface area contributed by atoms with E-state index >= 15 is 0 Å². The Morgan fingerprint density at radius 2 is 2.00 bits per heavy atom. The molecule has 0 bridgehead atoms. The average Bonchev–Trinajstić information content (AvgIpc) is 2.37. The monoisotopic (exact) mass is 248 g/mol. The van der Waals surface area contributed by atoms with Gasteiger partial charge in [0, 0.05) is 25.4 Å². The van der Waals surface area contributed by atoms with Crippen molar-refractivity contribution in [3.8, 4) is 5.88 Å². The molecular formula is C14H20N2O2. The van der Waals surface area contributed by atoms with Gasteiger partial charge in [-0.2, -0.15) is 0 Å². The summed E-state index contributed by atoms with van der Waals surface area (Å²) < 4.78 is 4.99. The predicted molar refractivity (Wildman–Crippen MR) is 69.6 cm³/mol. The molecule has 1 aliphatic heterocycles. The Balaban J connectivity index is 2.09. The van der Waals surface area contributed by atoms with Gasteiger partial charge < -0.3 is 9.64 Å². The Morgan fingerprint density at radius 3 is 2.50 bits per heavy atom. The van der Waals surface area contributed by atoms with E-state index in [4.69, 9.17) is 4.74 Å². The van der Waals surface area contributed by atoms with Gasteiger partial charge in [0.05, 0.1) is 12.7 Å². The third-order valence-electron chi connectivity index (χ3n) is 3.35. The largest absolute Gasteiger partial charge is 0.481 e. The number of carbonyl (C=O) groups excluding carboxylic acids is 1. The SMILES string of the molecule is COc1ccc(C(=O)N2CC(C)CC(C)C2)cn1. The normalized spacial score (nSPS) is 23.8. The molecule has 1 amide bonds. The number of aromatic nitrogens is 1. The van der Waals surface area contributed by atoms with Crippen LogP contribution in [-0.2, 0) is 0 Å². The Bertz CT molecular complexity index is 406. The highest BCUT2D eigenvalue weighted by Crippen LogP contribution is 2.22. The topological polar surface area (TPSA) is 42.4 Å². The van der Waals surface area contributed by atoms with Gasteiger partial charge in [0.25, 0.3) is 5.91 Å². The molecule has 1 aromatic heterocycles. The Kier molecular flexibility index (Phi) is 3.84. The van der Waals surface area contributed by atoms with Crippen LogP contribution in [0.3, 0.4) is 0 Å². The van der Waals surface area contributed by atoms with E-state index in [0.717, 1.165) is 13.1 Å². The minimum atomic E-state index is 0.0727. The molecule has 4 nitrogen and oxygen atoms in total. The second-order valence-electron chi connectivity index (χ2n) is 5.25. The van der Waals surface area contributed by atoms with Crippen LogP contribution >= 0.6 is 0 Å². The van der Waals surface area contributed by atoms with Crippen molar-refractivity contribution < 1.29 is 9.53 Å². The van der Waals surface area contributed by atoms with E-state index < -0.39 is 0 Å². The molecule has 1 saturated heterocycles. The van der Waals surface area contributed by atoms with Gasteiger partial charge in [-0.1, -0.05) is 13.8 Å². The van der Waals surface area contributed by atoms with Crippen LogP contribution < -0.4 is 4.74 Å². The second-order valence-corrected chi connectivity index (χ2v) is 5.25. The van der Waals surface area contributed by atoms with Crippen molar-refractivity contribution in [3.05, 3.63) is 23.9 Å². The van der Waals surface area contributed by atoms with Gasteiger partial charge in [-0.3, -0.25) is 4.79 Å². The summed E-state index contributed by atoms with van der Waals surface area (Å²) in [5.41, 5.74) is 0.636. The van der Waals surface area contributed by atoms with E-state index in [1.807, 2.05) is 4.90 Å². The molecule has 0 spiro atoms. The Labute approximate surface area is 108 Å². The Morgan fingerprint density at radius 1 is 1.33 bits per heavy atom. The lowest BCUT2D eigenvalue weighted by molar-refractivity contribution is 0.0622. The molecule has 2 atom stereocenters. The van der Waals surface area contributed by atoms with Gasteiger partial charge in [0.1, 0.15) is 0 Å². The third kappa shape index (κ3) is 2.81. The number of likely N-dealkylation sites (tertiary alicyclic amines) is 1. The number of carbonyl (C=O) groups is 1. The fourth-order valence-electron chi connectivity index (χ4n) is 2.64. The standard InChI is InChI=1S/C14H20N2O2/c1-10-6-11(2)9-16(8-10)14(17)12-4-5-13(18-3)15-7-12/h4-5,7,10-11H,6,8-9H2,1-3H3. The molecule has 2 unspecified atom stereocenters. The smallest absolute Gasteiger partial charge is 0.255 e. The van der Waals surface area contributed by atoms with E-state index in [0.29, 0.717) is 23.3 Å². The minimum Gasteiger partial charge on any atom is -0.481 e. The zero-order valence-corrected chi connectivity index (χ0v) is 11.2. The number of hydrogen-bond acceptors (Lipinski definition) is 3. The van der Waals surface area contributed by atoms with Gasteiger partial charge >= 0.3 is 0 Å². The van der Waals surface area contributed by atoms with Crippen LogP contribution in [0.15, 0.2) is 18.3 Å². The zero-order valence-electron chi connectivity index (χ0n) is 11.2. The van der Waals surface area contributed by atoms with Crippen molar-refractivity contribution in [1.29, 1.82) is 0 Å². The van der Waals surface area contributed by atoms with Crippen molar-refractivity contribution in [1.82, 2.24) is 9.88 Å². The fourth-order valence-corrected chi connectivity index (χ4v) is 2.64. The van der Waals surface area contributed by atoms with Gasteiger partial charge in [-0.25, -0.2) is 4.98 Å². The number of rotatable bonds is 2. The number of nitrogens with zero attached hydrogens (tertiary/aromatic N) is 2. The molecule has 1 fully saturated rings. The van der Waals surface area contributed by atoms with Crippen molar-refractivity contribution in [2.45, 2.75) is 20.3 Å². The van der Waals surface area contributed by atoms with Crippen molar-refractivity contribution in [3.63, 3.8) is 0 Å². The van der Waals surface area contributed by atoms with Gasteiger partial charge in [-0.05, 0) is 24.3 Å². The first kappa shape index (κ1) is 12.9. The quantitative estimate of drug-likeness (QED) is 0.806. The number of amides is 1. The fraction of sp³-hybridized carbons (Fsp3) is 0.571. The van der Waals surface area contributed by atoms with Crippen molar-refractivity contribution in [2.24, 2.45) is 11.8 Å². The summed E-state index contributed by atoms with van der Waals surface area (Å²) in [5, 5.41) is 0. The molecular weight excluding hydrogens is 228 g/mol. The van der Waals surface area contributed by atoms with E-state index in [2.05, 4.69) is 18.8 Å². The van der Waals surface area contributed by atoms with E-state index in [9.17, 15) is 4.79 Å². The molecule has 0 aromatic carbocycles. The molecule has 0 aliphatic carbocycles. The van der Waals surface area contributed by atoms with Crippen LogP contribution in [0.25, 0.3) is 0 Å². The lowest BCUT2D eigenvalue weighted by Gasteiger charge is -2.35. The van der Waals surface area contributed by atoms with Crippen LogP contribution in [0.2, 0.25) is 0 Å². The Hall–Kier alpha value is -1.58. The highest BCUT2D eigenvalue weighted by Gasteiger charge is 2.26. The average molecular weight is 248 g/mol. The van der Waals surface area contributed by atoms with Gasteiger partial charge in [-0.15, -0.1) is 0 Å². The van der Waals surface area contributed by atoms with Crippen molar-refractivity contribution >= 4 is 5.91 Å². The molecule has 18 heavy (non-hydrogen) atoms. The van der Waals surface area contributed by atoms with Crippen LogP contribution in [0.4, 0.5) is 0 Å². The lowest BCUT2D eigenvalue weighted by Crippen LogP contribution is -2.42. The van der Waals surface area contributed by atoms with E-state index in [1.54, 1.807) is 25.4 Å². The molecule has 4 heteroatoms. The van der Waals surface area contributed by atoms with E-state index in [-0.39, 0.29) is 5.91 Å². The highest BCUT2D eigenvalue weighted by atomic mass is 16.5. The summed E-state index contributed by atoms with van der Waals surface area (Å²) in [5.74, 6) is 1.75. The molecule has 1 aromatic rings. The molecule has 0 saturated carbocycles. The predicted octanol–water partition coefficient (Wildman–Crippen LogP) is 2.21. The summed E-state index contributed by atoms with van der Waals surface area (Å²) >= 11 is 0. The van der Waals surface area contributed by atoms with Crippen molar-refractivity contribution in [2.75, 3.05) is 20.2 Å². The van der Waals surface area contributed by atoms with Crippen LogP contribution in [0.5, 0.6) is 5.88 Å². The number of pyridine rings is 1. The van der Waals surface area contributed by atoms with Crippen LogP contribution in [0, 0.1) is 11.8 Å². The molecule has 0 radical (unpaired) electrons. The van der Waals surface area contributed by atoms with Gasteiger partial charge in [0.15, 0.2) is 0 Å². The maximum atomic E-state index is 12.3. The summed E-state index contributed by atoms with van der Waals surface area (Å²) in [6.45, 7) is 6.08. The zero-order chi connectivity index (χ0) is 13.1. The first-order valence-corrected chi connectivity index (χ1v) is 6.39. The summed E-state index contributed by atoms with van der Waals surface area (Å²) in [7, 11) is 1.57. The van der Waals surface area contributed by atoms with Crippen LogP contribution in [-0.4, -0.2) is 36.0 Å². The first-order chi connectivity index (χ1) is 8.60. The number of hydrogen-bond donors (Lipinski definition) is 0. The maximum Gasteiger partial charge on any atom is 0.255 e. The third-order valence-corrected chi connectivity index (χ3v) is 3.35. The molecule has 2 heterocycles. The highest BCUT2D eigenvalue weighted by molar-refractivity contribution is 5.94. The van der Waals surface area contributed by atoms with E-state index in [1.165, 1.54) is 6.42 Å². The molecule has 98 valence electrons. The lowest BCUT2D eigenvalue weighted by atomic mass is 9.91. The maximum absolute atomic E-state index is 12.3. The number of ether oxygens (including phenoxy) is 1. The van der Waals surface area contributed by atoms with Gasteiger partial charge in [0.2, 0.25) is 5.88 Å². The summed E-state index contributed by atoms with van der Waals surface area (Å²) in [4.78, 5) is 18.3. The molecule has 0 N–H and O–H groups in total. The molecule has 2 rings (SSSR count). The molecule has 1 aliphatic rings.